The van der Waals surface area contributed by atoms with Crippen LogP contribution < -0.4 is 5.73 Å². The van der Waals surface area contributed by atoms with E-state index in [9.17, 15) is 4.39 Å². The molecule has 0 spiro atoms. The molecular weight excluding hydrogens is 179 g/mol. The van der Waals surface area contributed by atoms with Crippen LogP contribution in [0.1, 0.15) is 11.1 Å². The second-order valence-electron chi connectivity index (χ2n) is 2.28. The van der Waals surface area contributed by atoms with Gasteiger partial charge in [-0.15, -0.1) is 12.4 Å². The van der Waals surface area contributed by atoms with Gasteiger partial charge in [0, 0.05) is 5.69 Å². The first-order chi connectivity index (χ1) is 5.15. The maximum atomic E-state index is 12.6. The normalized spacial score (nSPS) is 8.42. The van der Waals surface area contributed by atoms with Crippen molar-refractivity contribution in [3.05, 3.63) is 29.1 Å². The van der Waals surface area contributed by atoms with E-state index in [0.717, 1.165) is 0 Å². The largest absolute Gasteiger partial charge is 0.398 e. The number of benzene rings is 1. The van der Waals surface area contributed by atoms with Crippen molar-refractivity contribution in [1.29, 1.82) is 5.26 Å². The molecule has 0 saturated carbocycles. The Morgan fingerprint density at radius 1 is 1.50 bits per heavy atom. The van der Waals surface area contributed by atoms with E-state index in [-0.39, 0.29) is 12.4 Å². The molecule has 0 aromatic heterocycles. The first kappa shape index (κ1) is 10.7. The Hall–Kier alpha value is -1.27. The SMILES string of the molecule is Cc1c(N)cc(F)cc1C#N.Cl. The maximum Gasteiger partial charge on any atom is 0.126 e. The van der Waals surface area contributed by atoms with Gasteiger partial charge in [-0.3, -0.25) is 0 Å². The third kappa shape index (κ3) is 1.86. The summed E-state index contributed by atoms with van der Waals surface area (Å²) in [5.74, 6) is -0.468. The molecule has 0 fully saturated rings. The molecule has 0 aliphatic heterocycles. The van der Waals surface area contributed by atoms with Crippen LogP contribution in [0.5, 0.6) is 0 Å². The van der Waals surface area contributed by atoms with E-state index in [0.29, 0.717) is 16.8 Å². The third-order valence-corrected chi connectivity index (χ3v) is 1.53. The highest BCUT2D eigenvalue weighted by atomic mass is 35.5. The molecule has 64 valence electrons. The Morgan fingerprint density at radius 2 is 2.08 bits per heavy atom. The van der Waals surface area contributed by atoms with E-state index < -0.39 is 5.82 Å². The molecule has 4 heteroatoms. The number of nitrogens with zero attached hydrogens (tertiary/aromatic N) is 1. The molecule has 0 unspecified atom stereocenters. The highest BCUT2D eigenvalue weighted by Gasteiger charge is 2.02. The highest BCUT2D eigenvalue weighted by molar-refractivity contribution is 5.85. The van der Waals surface area contributed by atoms with Crippen LogP contribution in [-0.4, -0.2) is 0 Å². The van der Waals surface area contributed by atoms with Crippen LogP contribution >= 0.6 is 12.4 Å². The number of rotatable bonds is 0. The quantitative estimate of drug-likeness (QED) is 0.631. The van der Waals surface area contributed by atoms with Crippen molar-refractivity contribution in [1.82, 2.24) is 0 Å². The predicted molar refractivity (Wildman–Crippen MR) is 47.5 cm³/mol. The van der Waals surface area contributed by atoms with Crippen LogP contribution in [0.4, 0.5) is 10.1 Å². The molecule has 0 aliphatic carbocycles. The Bertz CT molecular complexity index is 331. The molecule has 1 aromatic rings. The van der Waals surface area contributed by atoms with E-state index >= 15 is 0 Å². The molecule has 2 nitrogen and oxygen atoms in total. The molecular formula is C8H8ClFN2. The molecule has 0 aliphatic rings. The molecule has 0 saturated heterocycles. The van der Waals surface area contributed by atoms with Gasteiger partial charge in [0.2, 0.25) is 0 Å². The minimum Gasteiger partial charge on any atom is -0.398 e. The van der Waals surface area contributed by atoms with Crippen molar-refractivity contribution in [2.75, 3.05) is 5.73 Å². The molecule has 2 N–H and O–H groups in total. The Labute approximate surface area is 76.2 Å². The summed E-state index contributed by atoms with van der Waals surface area (Å²) in [6, 6.07) is 4.23. The molecule has 0 heterocycles. The van der Waals surface area contributed by atoms with Crippen molar-refractivity contribution in [2.45, 2.75) is 6.92 Å². The lowest BCUT2D eigenvalue weighted by atomic mass is 10.1. The first-order valence-electron chi connectivity index (χ1n) is 3.11. The fraction of sp³-hybridized carbons (Fsp3) is 0.125. The molecule has 0 radical (unpaired) electrons. The summed E-state index contributed by atoms with van der Waals surface area (Å²) in [4.78, 5) is 0. The number of nitriles is 1. The van der Waals surface area contributed by atoms with Crippen LogP contribution in [0.2, 0.25) is 0 Å². The summed E-state index contributed by atoms with van der Waals surface area (Å²) in [5, 5.41) is 8.50. The second kappa shape index (κ2) is 3.93. The predicted octanol–water partition coefficient (Wildman–Crippen LogP) is 2.01. The average molecular weight is 187 g/mol. The van der Waals surface area contributed by atoms with Gasteiger partial charge in [0.05, 0.1) is 11.6 Å². The maximum absolute atomic E-state index is 12.6. The van der Waals surface area contributed by atoms with Crippen LogP contribution in [0.3, 0.4) is 0 Å². The summed E-state index contributed by atoms with van der Waals surface area (Å²) in [6.07, 6.45) is 0. The van der Waals surface area contributed by atoms with Crippen LogP contribution in [0.15, 0.2) is 12.1 Å². The second-order valence-corrected chi connectivity index (χ2v) is 2.28. The van der Waals surface area contributed by atoms with E-state index in [4.69, 9.17) is 11.0 Å². The topological polar surface area (TPSA) is 49.8 Å². The Balaban J connectivity index is 0.00000121. The fourth-order valence-corrected chi connectivity index (χ4v) is 0.816. The van der Waals surface area contributed by atoms with Crippen molar-refractivity contribution in [2.24, 2.45) is 0 Å². The fourth-order valence-electron chi connectivity index (χ4n) is 0.816. The molecule has 1 rings (SSSR count). The van der Waals surface area contributed by atoms with Gasteiger partial charge in [0.25, 0.3) is 0 Å². The van der Waals surface area contributed by atoms with Crippen molar-refractivity contribution >= 4 is 18.1 Å². The van der Waals surface area contributed by atoms with Crippen molar-refractivity contribution in [3.8, 4) is 6.07 Å². The van der Waals surface area contributed by atoms with Gasteiger partial charge in [-0.2, -0.15) is 5.26 Å². The zero-order valence-corrected chi connectivity index (χ0v) is 7.28. The molecule has 12 heavy (non-hydrogen) atoms. The average Bonchev–Trinajstić information content (AvgIpc) is 1.96. The van der Waals surface area contributed by atoms with Gasteiger partial charge in [0.15, 0.2) is 0 Å². The van der Waals surface area contributed by atoms with Gasteiger partial charge in [-0.25, -0.2) is 4.39 Å². The van der Waals surface area contributed by atoms with E-state index in [2.05, 4.69) is 0 Å². The number of hydrogen-bond acceptors (Lipinski definition) is 2. The zero-order chi connectivity index (χ0) is 8.43. The van der Waals surface area contributed by atoms with Crippen molar-refractivity contribution in [3.63, 3.8) is 0 Å². The molecule has 1 aromatic carbocycles. The summed E-state index contributed by atoms with van der Waals surface area (Å²) in [5.41, 5.74) is 6.65. The smallest absolute Gasteiger partial charge is 0.126 e. The number of nitrogens with two attached hydrogens (primary N) is 1. The Morgan fingerprint density at radius 3 is 2.58 bits per heavy atom. The molecule has 0 amide bonds. The minimum atomic E-state index is -0.468. The van der Waals surface area contributed by atoms with Gasteiger partial charge in [-0.1, -0.05) is 0 Å². The standard InChI is InChI=1S/C8H7FN2.ClH/c1-5-6(4-10)2-7(9)3-8(5)11;/h2-3H,11H2,1H3;1H. The van der Waals surface area contributed by atoms with Crippen molar-refractivity contribution < 1.29 is 4.39 Å². The van der Waals surface area contributed by atoms with Crippen LogP contribution in [-0.2, 0) is 0 Å². The minimum absolute atomic E-state index is 0. The van der Waals surface area contributed by atoms with Gasteiger partial charge in [0.1, 0.15) is 5.82 Å². The lowest BCUT2D eigenvalue weighted by Gasteiger charge is -2.00. The van der Waals surface area contributed by atoms with Gasteiger partial charge >= 0.3 is 0 Å². The zero-order valence-electron chi connectivity index (χ0n) is 6.47. The molecule has 0 atom stereocenters. The highest BCUT2D eigenvalue weighted by Crippen LogP contribution is 2.16. The van der Waals surface area contributed by atoms with Gasteiger partial charge < -0.3 is 5.73 Å². The summed E-state index contributed by atoms with van der Waals surface area (Å²) in [6.45, 7) is 1.69. The monoisotopic (exact) mass is 186 g/mol. The van der Waals surface area contributed by atoms with Crippen LogP contribution in [0, 0.1) is 24.1 Å². The lowest BCUT2D eigenvalue weighted by Crippen LogP contribution is -1.94. The van der Waals surface area contributed by atoms with E-state index in [1.165, 1.54) is 12.1 Å². The number of anilines is 1. The Kier molecular flexibility index (Phi) is 3.52. The van der Waals surface area contributed by atoms with Crippen LogP contribution in [0.25, 0.3) is 0 Å². The third-order valence-electron chi connectivity index (χ3n) is 1.53. The summed E-state index contributed by atoms with van der Waals surface area (Å²) in [7, 11) is 0. The molecule has 0 bridgehead atoms. The van der Waals surface area contributed by atoms with E-state index in [1.54, 1.807) is 6.92 Å². The number of nitrogen functional groups attached to an aromatic ring is 1. The summed E-state index contributed by atoms with van der Waals surface area (Å²) >= 11 is 0. The first-order valence-corrected chi connectivity index (χ1v) is 3.11. The summed E-state index contributed by atoms with van der Waals surface area (Å²) < 4.78 is 12.6. The van der Waals surface area contributed by atoms with E-state index in [1.807, 2.05) is 6.07 Å². The number of halogens is 2. The number of hydrogen-bond donors (Lipinski definition) is 1. The lowest BCUT2D eigenvalue weighted by molar-refractivity contribution is 0.627. The van der Waals surface area contributed by atoms with Gasteiger partial charge in [-0.05, 0) is 24.6 Å².